The molecule has 0 aliphatic carbocycles. The van der Waals surface area contributed by atoms with Crippen molar-refractivity contribution >= 4 is 45.3 Å². The Morgan fingerprint density at radius 3 is 2.68 bits per heavy atom. The number of halogens is 1. The molecule has 0 bridgehead atoms. The standard InChI is InChI=1S/C32H40FN9O2/c1-6-24(43)41-16-21(5)42(17-20(41)4)31-22-15-19(3)26(25-18(2)7-8-23-27(25)30(34)39-38-23)28(33)29(22)36-32(37-31)35-9-10-40-11-13-44-14-12-40/h6-8,15,20-21H,1,9-14,16-17H2,2-5H3,(H3,34,38,39)(H,35,36,37)/t20-,21+/m1/s1. The van der Waals surface area contributed by atoms with E-state index in [-0.39, 0.29) is 23.5 Å². The number of aryl methyl sites for hydroxylation is 2. The van der Waals surface area contributed by atoms with E-state index >= 15 is 4.39 Å². The predicted molar refractivity (Wildman–Crippen MR) is 172 cm³/mol. The molecular weight excluding hydrogens is 561 g/mol. The summed E-state index contributed by atoms with van der Waals surface area (Å²) in [7, 11) is 0. The molecule has 2 saturated heterocycles. The van der Waals surface area contributed by atoms with E-state index in [0.717, 1.165) is 36.3 Å². The summed E-state index contributed by atoms with van der Waals surface area (Å²) in [6, 6.07) is 5.65. The van der Waals surface area contributed by atoms with Crippen LogP contribution in [0, 0.1) is 19.7 Å². The Kier molecular flexibility index (Phi) is 8.12. The van der Waals surface area contributed by atoms with Crippen LogP contribution in [0.2, 0.25) is 0 Å². The van der Waals surface area contributed by atoms with E-state index in [9.17, 15) is 4.79 Å². The zero-order valence-corrected chi connectivity index (χ0v) is 25.8. The molecule has 0 saturated carbocycles. The van der Waals surface area contributed by atoms with E-state index < -0.39 is 5.82 Å². The number of rotatable bonds is 7. The van der Waals surface area contributed by atoms with Crippen LogP contribution in [0.1, 0.15) is 25.0 Å². The van der Waals surface area contributed by atoms with Crippen molar-refractivity contribution in [3.63, 3.8) is 0 Å². The summed E-state index contributed by atoms with van der Waals surface area (Å²) in [4.78, 5) is 28.6. The number of carbonyl (C=O) groups is 1. The average molecular weight is 602 g/mol. The molecule has 0 unspecified atom stereocenters. The van der Waals surface area contributed by atoms with Crippen molar-refractivity contribution in [1.29, 1.82) is 0 Å². The number of carbonyl (C=O) groups excluding carboxylic acids is 1. The van der Waals surface area contributed by atoms with Gasteiger partial charge in [0.25, 0.3) is 0 Å². The highest BCUT2D eigenvalue weighted by molar-refractivity contribution is 6.06. The molecule has 2 aliphatic rings. The fourth-order valence-corrected chi connectivity index (χ4v) is 6.50. The van der Waals surface area contributed by atoms with Gasteiger partial charge >= 0.3 is 0 Å². The van der Waals surface area contributed by atoms with Gasteiger partial charge in [-0.15, -0.1) is 0 Å². The number of nitrogens with two attached hydrogens (primary N) is 1. The molecule has 2 atom stereocenters. The number of aromatic nitrogens is 4. The number of fused-ring (bicyclic) bond motifs is 2. The summed E-state index contributed by atoms with van der Waals surface area (Å²) in [6.07, 6.45) is 1.35. The molecule has 1 amide bonds. The lowest BCUT2D eigenvalue weighted by atomic mass is 9.91. The Morgan fingerprint density at radius 2 is 1.93 bits per heavy atom. The summed E-state index contributed by atoms with van der Waals surface area (Å²) in [5.41, 5.74) is 10.0. The second-order valence-electron chi connectivity index (χ2n) is 11.9. The molecule has 0 spiro atoms. The molecule has 2 fully saturated rings. The monoisotopic (exact) mass is 601 g/mol. The van der Waals surface area contributed by atoms with Crippen LogP contribution in [0.15, 0.2) is 30.9 Å². The van der Waals surface area contributed by atoms with E-state index in [1.165, 1.54) is 6.08 Å². The molecule has 2 aliphatic heterocycles. The Labute approximate surface area is 256 Å². The number of H-pyrrole nitrogens is 1. The van der Waals surface area contributed by atoms with Gasteiger partial charge < -0.3 is 25.6 Å². The normalized spacial score (nSPS) is 19.6. The first kappa shape index (κ1) is 29.8. The minimum atomic E-state index is -0.433. The number of morpholine rings is 1. The number of nitrogens with zero attached hydrogens (tertiary/aromatic N) is 6. The average Bonchev–Trinajstić information content (AvgIpc) is 3.39. The second-order valence-corrected chi connectivity index (χ2v) is 11.9. The van der Waals surface area contributed by atoms with Gasteiger partial charge in [0.05, 0.1) is 24.1 Å². The molecule has 12 heteroatoms. The van der Waals surface area contributed by atoms with Crippen molar-refractivity contribution in [2.45, 2.75) is 39.8 Å². The highest BCUT2D eigenvalue weighted by Crippen LogP contribution is 2.41. The van der Waals surface area contributed by atoms with Crippen molar-refractivity contribution in [2.75, 3.05) is 68.4 Å². The van der Waals surface area contributed by atoms with Gasteiger partial charge in [0, 0.05) is 67.9 Å². The number of nitrogens with one attached hydrogen (secondary N) is 2. The van der Waals surface area contributed by atoms with Crippen molar-refractivity contribution < 1.29 is 13.9 Å². The summed E-state index contributed by atoms with van der Waals surface area (Å²) >= 11 is 0. The van der Waals surface area contributed by atoms with Gasteiger partial charge in [-0.3, -0.25) is 14.8 Å². The molecule has 11 nitrogen and oxygen atoms in total. The first-order chi connectivity index (χ1) is 21.2. The van der Waals surface area contributed by atoms with Gasteiger partial charge in [0.2, 0.25) is 11.9 Å². The van der Waals surface area contributed by atoms with E-state index in [1.54, 1.807) is 0 Å². The molecule has 6 rings (SSSR count). The molecule has 4 heterocycles. The van der Waals surface area contributed by atoms with Gasteiger partial charge in [0.1, 0.15) is 11.3 Å². The number of benzene rings is 2. The third kappa shape index (κ3) is 5.32. The summed E-state index contributed by atoms with van der Waals surface area (Å²) < 4.78 is 22.5. The fraction of sp³-hybridized carbons (Fsp3) is 0.438. The molecule has 2 aromatic carbocycles. The third-order valence-electron chi connectivity index (χ3n) is 8.86. The number of ether oxygens (including phenoxy) is 1. The number of amides is 1. The van der Waals surface area contributed by atoms with Crippen LogP contribution >= 0.6 is 0 Å². The topological polar surface area (TPSA) is 129 Å². The van der Waals surface area contributed by atoms with Crippen LogP contribution in [0.25, 0.3) is 32.9 Å². The largest absolute Gasteiger partial charge is 0.382 e. The van der Waals surface area contributed by atoms with E-state index in [1.807, 2.05) is 43.9 Å². The molecule has 0 radical (unpaired) electrons. The maximum atomic E-state index is 17.0. The van der Waals surface area contributed by atoms with Crippen LogP contribution < -0.4 is 16.0 Å². The Bertz CT molecular complexity index is 1730. The van der Waals surface area contributed by atoms with Crippen LogP contribution in [0.4, 0.5) is 22.0 Å². The predicted octanol–water partition coefficient (Wildman–Crippen LogP) is 3.87. The smallest absolute Gasteiger partial charge is 0.246 e. The van der Waals surface area contributed by atoms with E-state index in [4.69, 9.17) is 20.4 Å². The second kappa shape index (κ2) is 12.0. The summed E-state index contributed by atoms with van der Waals surface area (Å²) in [5, 5.41) is 11.8. The lowest BCUT2D eigenvalue weighted by molar-refractivity contribution is -0.128. The number of piperazine rings is 1. The summed E-state index contributed by atoms with van der Waals surface area (Å²) in [6.45, 7) is 17.2. The number of nitrogen functional groups attached to an aromatic ring is 1. The highest BCUT2D eigenvalue weighted by Gasteiger charge is 2.34. The van der Waals surface area contributed by atoms with Crippen LogP contribution in [0.5, 0.6) is 0 Å². The van der Waals surface area contributed by atoms with Crippen molar-refractivity contribution in [3.05, 3.63) is 47.8 Å². The highest BCUT2D eigenvalue weighted by atomic mass is 19.1. The van der Waals surface area contributed by atoms with Gasteiger partial charge in [-0.25, -0.2) is 9.37 Å². The molecule has 4 aromatic rings. The first-order valence-corrected chi connectivity index (χ1v) is 15.2. The Morgan fingerprint density at radius 1 is 1.16 bits per heavy atom. The Hall–Kier alpha value is -4.29. The van der Waals surface area contributed by atoms with Crippen LogP contribution in [0.3, 0.4) is 0 Å². The number of hydrogen-bond acceptors (Lipinski definition) is 9. The zero-order valence-electron chi connectivity index (χ0n) is 25.8. The van der Waals surface area contributed by atoms with E-state index in [0.29, 0.717) is 72.3 Å². The molecule has 2 aromatic heterocycles. The third-order valence-corrected chi connectivity index (χ3v) is 8.86. The van der Waals surface area contributed by atoms with Gasteiger partial charge in [-0.1, -0.05) is 12.6 Å². The van der Waals surface area contributed by atoms with Crippen molar-refractivity contribution in [2.24, 2.45) is 0 Å². The first-order valence-electron chi connectivity index (χ1n) is 15.2. The lowest BCUT2D eigenvalue weighted by Crippen LogP contribution is -2.58. The maximum Gasteiger partial charge on any atom is 0.246 e. The van der Waals surface area contributed by atoms with Gasteiger partial charge in [0.15, 0.2) is 11.6 Å². The minimum absolute atomic E-state index is 0.0702. The number of hydrogen-bond donors (Lipinski definition) is 3. The van der Waals surface area contributed by atoms with Gasteiger partial charge in [-0.2, -0.15) is 10.1 Å². The SMILES string of the molecule is C=CC(=O)N1C[C@H](C)N(c2nc(NCCN3CCOCC3)nc3c(F)c(-c4c(C)ccc5[nH]nc(N)c45)c(C)cc23)C[C@H]1C. The van der Waals surface area contributed by atoms with Crippen molar-refractivity contribution in [1.82, 2.24) is 30.0 Å². The molecule has 232 valence electrons. The maximum absolute atomic E-state index is 17.0. The Balaban J connectivity index is 1.47. The minimum Gasteiger partial charge on any atom is -0.382 e. The quantitative estimate of drug-likeness (QED) is 0.271. The lowest BCUT2D eigenvalue weighted by Gasteiger charge is -2.44. The zero-order chi connectivity index (χ0) is 31.1. The summed E-state index contributed by atoms with van der Waals surface area (Å²) in [5.74, 6) is 0.784. The molecule has 44 heavy (non-hydrogen) atoms. The fourth-order valence-electron chi connectivity index (χ4n) is 6.50. The van der Waals surface area contributed by atoms with Crippen LogP contribution in [-0.4, -0.2) is 100 Å². The number of aromatic amines is 1. The van der Waals surface area contributed by atoms with Crippen LogP contribution in [-0.2, 0) is 9.53 Å². The number of anilines is 3. The van der Waals surface area contributed by atoms with E-state index in [2.05, 4.69) is 38.8 Å². The van der Waals surface area contributed by atoms with Crippen molar-refractivity contribution in [3.8, 4) is 11.1 Å². The molecular formula is C32H40FN9O2. The van der Waals surface area contributed by atoms with Gasteiger partial charge in [-0.05, 0) is 57.0 Å². The molecule has 4 N–H and O–H groups in total.